The zero-order valence-corrected chi connectivity index (χ0v) is 12.0. The summed E-state index contributed by atoms with van der Waals surface area (Å²) in [5.41, 5.74) is 1.62. The largest absolute Gasteiger partial charge is 0.228 e. The fraction of sp³-hybridized carbons (Fsp3) is 0.462. The van der Waals surface area contributed by atoms with Crippen LogP contribution < -0.4 is 4.72 Å². The Hall–Kier alpha value is -1.45. The van der Waals surface area contributed by atoms with Crippen molar-refractivity contribution in [2.24, 2.45) is 0 Å². The number of hydrogen-bond acceptors (Lipinski definition) is 3. The molecule has 19 heavy (non-hydrogen) atoms. The van der Waals surface area contributed by atoms with Crippen molar-refractivity contribution in [3.63, 3.8) is 0 Å². The normalized spacial score (nSPS) is 13.0. The fourth-order valence-corrected chi connectivity index (χ4v) is 2.95. The summed E-state index contributed by atoms with van der Waals surface area (Å²) >= 11 is 0. The quantitative estimate of drug-likeness (QED) is 0.900. The first-order valence-electron chi connectivity index (χ1n) is 5.95. The zero-order chi connectivity index (χ0) is 14.6. The Bertz CT molecular complexity index is 583. The van der Waals surface area contributed by atoms with Gasteiger partial charge in [-0.25, -0.2) is 17.5 Å². The highest BCUT2D eigenvalue weighted by Gasteiger charge is 2.22. The molecule has 1 aromatic carbocycles. The third-order valence-corrected chi connectivity index (χ3v) is 4.60. The van der Waals surface area contributed by atoms with E-state index in [0.717, 1.165) is 0 Å². The van der Waals surface area contributed by atoms with E-state index < -0.39 is 15.3 Å². The smallest absolute Gasteiger partial charge is 0.211 e. The van der Waals surface area contributed by atoms with Gasteiger partial charge in [-0.1, -0.05) is 19.1 Å². The highest BCUT2D eigenvalue weighted by molar-refractivity contribution is 7.90. The summed E-state index contributed by atoms with van der Waals surface area (Å²) in [5.74, 6) is -0.282. The van der Waals surface area contributed by atoms with Crippen molar-refractivity contribution in [1.29, 1.82) is 5.26 Å². The van der Waals surface area contributed by atoms with Crippen LogP contribution in [0.3, 0.4) is 0 Å². The Kier molecular flexibility index (Phi) is 5.04. The minimum absolute atomic E-state index is 0.0580. The molecule has 1 N–H and O–H groups in total. The van der Waals surface area contributed by atoms with Crippen LogP contribution in [0.5, 0.6) is 0 Å². The summed E-state index contributed by atoms with van der Waals surface area (Å²) in [5, 5.41) is 7.70. The molecule has 0 aliphatic rings. The number of sulfonamides is 1. The third-order valence-electron chi connectivity index (χ3n) is 2.86. The van der Waals surface area contributed by atoms with E-state index in [9.17, 15) is 12.8 Å². The van der Waals surface area contributed by atoms with Gasteiger partial charge in [0.2, 0.25) is 10.0 Å². The standard InChI is InChI=1S/C13H17FN2O2S/c1-4-12(7-15)19(17,18)16-8-11-5-9(2)13(14)10(3)6-11/h5-6,12,16H,4,8H2,1-3H3. The predicted molar refractivity (Wildman–Crippen MR) is 71.3 cm³/mol. The molecule has 0 heterocycles. The maximum Gasteiger partial charge on any atom is 0.228 e. The Morgan fingerprint density at radius 3 is 2.32 bits per heavy atom. The fourth-order valence-electron chi connectivity index (χ4n) is 1.80. The van der Waals surface area contributed by atoms with Gasteiger partial charge in [-0.05, 0) is 37.0 Å². The number of nitriles is 1. The van der Waals surface area contributed by atoms with E-state index in [2.05, 4.69) is 4.72 Å². The summed E-state index contributed by atoms with van der Waals surface area (Å²) in [7, 11) is -3.66. The molecule has 0 fully saturated rings. The average Bonchev–Trinajstić information content (AvgIpc) is 2.34. The van der Waals surface area contributed by atoms with Crippen molar-refractivity contribution in [1.82, 2.24) is 4.72 Å². The SMILES string of the molecule is CCC(C#N)S(=O)(=O)NCc1cc(C)c(F)c(C)c1. The summed E-state index contributed by atoms with van der Waals surface area (Å²) in [6, 6.07) is 4.94. The lowest BCUT2D eigenvalue weighted by atomic mass is 10.1. The van der Waals surface area contributed by atoms with Crippen LogP contribution in [0.2, 0.25) is 0 Å². The minimum atomic E-state index is -3.66. The van der Waals surface area contributed by atoms with E-state index in [1.165, 1.54) is 0 Å². The molecule has 1 aromatic rings. The maximum absolute atomic E-state index is 13.4. The number of rotatable bonds is 5. The highest BCUT2D eigenvalue weighted by atomic mass is 32.2. The van der Waals surface area contributed by atoms with Gasteiger partial charge in [-0.15, -0.1) is 0 Å². The number of halogens is 1. The minimum Gasteiger partial charge on any atom is -0.211 e. The Morgan fingerprint density at radius 2 is 1.89 bits per heavy atom. The average molecular weight is 284 g/mol. The molecular formula is C13H17FN2O2S. The summed E-state index contributed by atoms with van der Waals surface area (Å²) in [6.45, 7) is 4.96. The van der Waals surface area contributed by atoms with Crippen LogP contribution in [0.25, 0.3) is 0 Å². The van der Waals surface area contributed by atoms with Crippen LogP contribution in [0.15, 0.2) is 12.1 Å². The molecule has 1 atom stereocenters. The van der Waals surface area contributed by atoms with E-state index >= 15 is 0 Å². The lowest BCUT2D eigenvalue weighted by Gasteiger charge is -2.11. The second-order valence-electron chi connectivity index (χ2n) is 4.44. The van der Waals surface area contributed by atoms with Gasteiger partial charge in [0.25, 0.3) is 0 Å². The summed E-state index contributed by atoms with van der Waals surface area (Å²) < 4.78 is 39.4. The number of nitrogens with one attached hydrogen (secondary N) is 1. The molecule has 4 nitrogen and oxygen atoms in total. The molecule has 0 amide bonds. The van der Waals surface area contributed by atoms with Crippen molar-refractivity contribution in [3.05, 3.63) is 34.6 Å². The van der Waals surface area contributed by atoms with Gasteiger partial charge in [0.05, 0.1) is 6.07 Å². The van der Waals surface area contributed by atoms with E-state index in [-0.39, 0.29) is 18.8 Å². The van der Waals surface area contributed by atoms with Gasteiger partial charge in [-0.3, -0.25) is 0 Å². The van der Waals surface area contributed by atoms with Crippen molar-refractivity contribution < 1.29 is 12.8 Å². The second-order valence-corrected chi connectivity index (χ2v) is 6.38. The molecule has 0 radical (unpaired) electrons. The number of nitrogens with zero attached hydrogens (tertiary/aromatic N) is 1. The Balaban J connectivity index is 2.86. The Labute approximate surface area is 113 Å². The van der Waals surface area contributed by atoms with Gasteiger partial charge in [0.15, 0.2) is 5.25 Å². The Morgan fingerprint density at radius 1 is 1.37 bits per heavy atom. The second kappa shape index (κ2) is 6.13. The van der Waals surface area contributed by atoms with Crippen molar-refractivity contribution in [2.75, 3.05) is 0 Å². The number of benzene rings is 1. The highest BCUT2D eigenvalue weighted by Crippen LogP contribution is 2.15. The van der Waals surface area contributed by atoms with Crippen molar-refractivity contribution in [3.8, 4) is 6.07 Å². The van der Waals surface area contributed by atoms with Crippen LogP contribution in [0, 0.1) is 31.0 Å². The summed E-state index contributed by atoms with van der Waals surface area (Å²) in [4.78, 5) is 0. The van der Waals surface area contributed by atoms with Crippen LogP contribution in [-0.2, 0) is 16.6 Å². The molecule has 1 unspecified atom stereocenters. The molecule has 0 bridgehead atoms. The third kappa shape index (κ3) is 3.75. The molecule has 0 aromatic heterocycles. The van der Waals surface area contributed by atoms with E-state index in [1.54, 1.807) is 39.0 Å². The number of aryl methyl sites for hydroxylation is 2. The van der Waals surface area contributed by atoms with E-state index in [0.29, 0.717) is 16.7 Å². The molecule has 0 aliphatic heterocycles. The predicted octanol–water partition coefficient (Wildman–Crippen LogP) is 2.16. The monoisotopic (exact) mass is 284 g/mol. The molecule has 0 aliphatic carbocycles. The van der Waals surface area contributed by atoms with Crippen LogP contribution >= 0.6 is 0 Å². The van der Waals surface area contributed by atoms with E-state index in [4.69, 9.17) is 5.26 Å². The molecule has 0 spiro atoms. The van der Waals surface area contributed by atoms with Crippen molar-refractivity contribution >= 4 is 10.0 Å². The molecule has 6 heteroatoms. The zero-order valence-electron chi connectivity index (χ0n) is 11.2. The number of hydrogen-bond donors (Lipinski definition) is 1. The van der Waals surface area contributed by atoms with Crippen LogP contribution in [0.1, 0.15) is 30.0 Å². The van der Waals surface area contributed by atoms with Crippen LogP contribution in [-0.4, -0.2) is 13.7 Å². The van der Waals surface area contributed by atoms with E-state index in [1.807, 2.05) is 0 Å². The van der Waals surface area contributed by atoms with Gasteiger partial charge in [0, 0.05) is 6.54 Å². The van der Waals surface area contributed by atoms with Crippen LogP contribution in [0.4, 0.5) is 4.39 Å². The lowest BCUT2D eigenvalue weighted by molar-refractivity contribution is 0.572. The van der Waals surface area contributed by atoms with Gasteiger partial charge in [0.1, 0.15) is 5.82 Å². The molecular weight excluding hydrogens is 267 g/mol. The van der Waals surface area contributed by atoms with Gasteiger partial charge < -0.3 is 0 Å². The van der Waals surface area contributed by atoms with Gasteiger partial charge in [-0.2, -0.15) is 5.26 Å². The summed E-state index contributed by atoms with van der Waals surface area (Å²) in [6.07, 6.45) is 0.229. The lowest BCUT2D eigenvalue weighted by Crippen LogP contribution is -2.32. The van der Waals surface area contributed by atoms with Gasteiger partial charge >= 0.3 is 0 Å². The first-order chi connectivity index (χ1) is 8.81. The first kappa shape index (κ1) is 15.6. The van der Waals surface area contributed by atoms with Crippen molar-refractivity contribution in [2.45, 2.75) is 39.0 Å². The molecule has 0 saturated carbocycles. The molecule has 104 valence electrons. The topological polar surface area (TPSA) is 70.0 Å². The molecule has 1 rings (SSSR count). The first-order valence-corrected chi connectivity index (χ1v) is 7.50. The maximum atomic E-state index is 13.4. The molecule has 0 saturated heterocycles.